The predicted molar refractivity (Wildman–Crippen MR) is 61.2 cm³/mol. The number of hydrogen-bond donors (Lipinski definition) is 3. The van der Waals surface area contributed by atoms with Gasteiger partial charge in [0, 0.05) is 18.0 Å². The highest BCUT2D eigenvalue weighted by atomic mass is 32.1. The van der Waals surface area contributed by atoms with Crippen LogP contribution in [0.25, 0.3) is 0 Å². The van der Waals surface area contributed by atoms with Crippen molar-refractivity contribution < 1.29 is 9.90 Å². The van der Waals surface area contributed by atoms with E-state index >= 15 is 0 Å². The Balaban J connectivity index is 2.33. The van der Waals surface area contributed by atoms with Crippen LogP contribution in [-0.2, 0) is 11.3 Å². The lowest BCUT2D eigenvalue weighted by atomic mass is 10.2. The Labute approximate surface area is 93.3 Å². The van der Waals surface area contributed by atoms with Gasteiger partial charge in [-0.05, 0) is 31.0 Å². The largest absolute Gasteiger partial charge is 0.480 e. The van der Waals surface area contributed by atoms with Crippen LogP contribution in [0.3, 0.4) is 0 Å². The molecule has 1 unspecified atom stereocenters. The SMILES string of the molecule is CNC(CNCc1sccc1C)C(=O)O. The Morgan fingerprint density at radius 2 is 2.40 bits per heavy atom. The molecule has 1 heterocycles. The van der Waals surface area contributed by atoms with Crippen LogP contribution in [0, 0.1) is 6.92 Å². The molecule has 0 amide bonds. The fourth-order valence-corrected chi connectivity index (χ4v) is 2.10. The Hall–Kier alpha value is -0.910. The van der Waals surface area contributed by atoms with Gasteiger partial charge >= 0.3 is 5.97 Å². The van der Waals surface area contributed by atoms with Crippen LogP contribution in [0.2, 0.25) is 0 Å². The lowest BCUT2D eigenvalue weighted by Crippen LogP contribution is -2.42. The quantitative estimate of drug-likeness (QED) is 0.674. The summed E-state index contributed by atoms with van der Waals surface area (Å²) in [5.74, 6) is -0.826. The molecule has 0 saturated heterocycles. The van der Waals surface area contributed by atoms with Crippen molar-refractivity contribution >= 4 is 17.3 Å². The van der Waals surface area contributed by atoms with Gasteiger partial charge in [-0.3, -0.25) is 4.79 Å². The Morgan fingerprint density at radius 1 is 1.67 bits per heavy atom. The third kappa shape index (κ3) is 3.62. The molecule has 0 aliphatic rings. The average Bonchev–Trinajstić information content (AvgIpc) is 2.58. The van der Waals surface area contributed by atoms with Gasteiger partial charge in [0.15, 0.2) is 0 Å². The van der Waals surface area contributed by atoms with Crippen LogP contribution in [0.1, 0.15) is 10.4 Å². The van der Waals surface area contributed by atoms with Crippen LogP contribution in [0.5, 0.6) is 0 Å². The smallest absolute Gasteiger partial charge is 0.322 e. The van der Waals surface area contributed by atoms with Crippen LogP contribution < -0.4 is 10.6 Å². The van der Waals surface area contributed by atoms with E-state index in [4.69, 9.17) is 5.11 Å². The van der Waals surface area contributed by atoms with Crippen molar-refractivity contribution in [3.63, 3.8) is 0 Å². The fourth-order valence-electron chi connectivity index (χ4n) is 1.23. The number of likely N-dealkylation sites (N-methyl/N-ethyl adjacent to an activating group) is 1. The van der Waals surface area contributed by atoms with Crippen molar-refractivity contribution in [1.82, 2.24) is 10.6 Å². The Bertz CT molecular complexity index is 325. The number of rotatable bonds is 6. The molecular weight excluding hydrogens is 212 g/mol. The minimum absolute atomic E-state index is 0.434. The normalized spacial score (nSPS) is 12.7. The molecule has 0 fully saturated rings. The molecule has 3 N–H and O–H groups in total. The standard InChI is InChI=1S/C10H16N2O2S/c1-7-3-4-15-9(7)6-12-5-8(11-2)10(13)14/h3-4,8,11-12H,5-6H2,1-2H3,(H,13,14). The van der Waals surface area contributed by atoms with E-state index in [0.29, 0.717) is 6.54 Å². The Kier molecular flexibility index (Phi) is 4.74. The zero-order valence-corrected chi connectivity index (χ0v) is 9.73. The first kappa shape index (κ1) is 12.2. The van der Waals surface area contributed by atoms with Gasteiger partial charge in [0.2, 0.25) is 0 Å². The van der Waals surface area contributed by atoms with Crippen molar-refractivity contribution in [1.29, 1.82) is 0 Å². The van der Waals surface area contributed by atoms with E-state index in [1.54, 1.807) is 18.4 Å². The molecule has 0 aromatic carbocycles. The molecule has 1 rings (SSSR count). The van der Waals surface area contributed by atoms with Crippen molar-refractivity contribution in [3.05, 3.63) is 21.9 Å². The first-order valence-electron chi connectivity index (χ1n) is 4.79. The molecule has 1 aromatic heterocycles. The molecule has 4 nitrogen and oxygen atoms in total. The highest BCUT2D eigenvalue weighted by Gasteiger charge is 2.13. The van der Waals surface area contributed by atoms with Gasteiger partial charge in [-0.15, -0.1) is 11.3 Å². The summed E-state index contributed by atoms with van der Waals surface area (Å²) in [4.78, 5) is 11.9. The zero-order valence-electron chi connectivity index (χ0n) is 8.91. The van der Waals surface area contributed by atoms with E-state index in [2.05, 4.69) is 23.6 Å². The van der Waals surface area contributed by atoms with Crippen LogP contribution in [-0.4, -0.2) is 30.7 Å². The van der Waals surface area contributed by atoms with Crippen molar-refractivity contribution in [3.8, 4) is 0 Å². The zero-order chi connectivity index (χ0) is 11.3. The summed E-state index contributed by atoms with van der Waals surface area (Å²) in [5.41, 5.74) is 1.25. The van der Waals surface area contributed by atoms with Gasteiger partial charge in [0.1, 0.15) is 6.04 Å². The number of hydrogen-bond acceptors (Lipinski definition) is 4. The number of aliphatic carboxylic acids is 1. The van der Waals surface area contributed by atoms with Crippen LogP contribution in [0.4, 0.5) is 0 Å². The second-order valence-electron chi connectivity index (χ2n) is 3.34. The number of thiophene rings is 1. The maximum atomic E-state index is 10.7. The van der Waals surface area contributed by atoms with Crippen molar-refractivity contribution in [2.24, 2.45) is 0 Å². The molecule has 0 aliphatic carbocycles. The molecule has 0 spiro atoms. The maximum absolute atomic E-state index is 10.7. The molecule has 0 bridgehead atoms. The summed E-state index contributed by atoms with van der Waals surface area (Å²) >= 11 is 1.69. The van der Waals surface area contributed by atoms with Crippen LogP contribution >= 0.6 is 11.3 Å². The number of carboxylic acid groups (broad SMARTS) is 1. The second-order valence-corrected chi connectivity index (χ2v) is 4.34. The maximum Gasteiger partial charge on any atom is 0.322 e. The molecule has 84 valence electrons. The van der Waals surface area contributed by atoms with Gasteiger partial charge in [0.05, 0.1) is 0 Å². The molecule has 5 heteroatoms. The van der Waals surface area contributed by atoms with E-state index in [0.717, 1.165) is 6.54 Å². The second kappa shape index (κ2) is 5.85. The van der Waals surface area contributed by atoms with Gasteiger partial charge in [-0.2, -0.15) is 0 Å². The molecular formula is C10H16N2O2S. The fraction of sp³-hybridized carbons (Fsp3) is 0.500. The topological polar surface area (TPSA) is 61.4 Å². The lowest BCUT2D eigenvalue weighted by Gasteiger charge is -2.11. The number of carbonyl (C=O) groups is 1. The summed E-state index contributed by atoms with van der Waals surface area (Å²) < 4.78 is 0. The minimum Gasteiger partial charge on any atom is -0.480 e. The third-order valence-corrected chi connectivity index (χ3v) is 3.27. The summed E-state index contributed by atoms with van der Waals surface area (Å²) in [7, 11) is 1.65. The first-order valence-corrected chi connectivity index (χ1v) is 5.67. The highest BCUT2D eigenvalue weighted by molar-refractivity contribution is 7.10. The monoisotopic (exact) mass is 228 g/mol. The summed E-state index contributed by atoms with van der Waals surface area (Å²) in [5, 5.41) is 16.7. The molecule has 1 atom stereocenters. The molecule has 1 aromatic rings. The number of nitrogens with one attached hydrogen (secondary N) is 2. The van der Waals surface area contributed by atoms with Crippen molar-refractivity contribution in [2.75, 3.05) is 13.6 Å². The third-order valence-electron chi connectivity index (χ3n) is 2.25. The summed E-state index contributed by atoms with van der Waals surface area (Å²) in [6, 6.07) is 1.54. The van der Waals surface area contributed by atoms with E-state index in [9.17, 15) is 4.79 Å². The van der Waals surface area contributed by atoms with E-state index in [1.807, 2.05) is 5.38 Å². The first-order chi connectivity index (χ1) is 7.15. The lowest BCUT2D eigenvalue weighted by molar-refractivity contribution is -0.139. The number of carboxylic acids is 1. The van der Waals surface area contributed by atoms with Gasteiger partial charge < -0.3 is 15.7 Å². The summed E-state index contributed by atoms with van der Waals surface area (Å²) in [6.07, 6.45) is 0. The van der Waals surface area contributed by atoms with Gasteiger partial charge in [-0.1, -0.05) is 0 Å². The number of aryl methyl sites for hydroxylation is 1. The highest BCUT2D eigenvalue weighted by Crippen LogP contribution is 2.14. The Morgan fingerprint density at radius 3 is 2.87 bits per heavy atom. The van der Waals surface area contributed by atoms with Gasteiger partial charge in [0.25, 0.3) is 0 Å². The van der Waals surface area contributed by atoms with Crippen LogP contribution in [0.15, 0.2) is 11.4 Å². The van der Waals surface area contributed by atoms with Gasteiger partial charge in [-0.25, -0.2) is 0 Å². The molecule has 0 radical (unpaired) electrons. The van der Waals surface area contributed by atoms with Crippen molar-refractivity contribution in [2.45, 2.75) is 19.5 Å². The predicted octanol–water partition coefficient (Wildman–Crippen LogP) is 0.819. The van der Waals surface area contributed by atoms with E-state index in [-0.39, 0.29) is 0 Å². The molecule has 0 saturated carbocycles. The minimum atomic E-state index is -0.826. The molecule has 0 aliphatic heterocycles. The summed E-state index contributed by atoms with van der Waals surface area (Å²) in [6.45, 7) is 3.22. The molecule has 15 heavy (non-hydrogen) atoms. The van der Waals surface area contributed by atoms with E-state index < -0.39 is 12.0 Å². The average molecular weight is 228 g/mol. The van der Waals surface area contributed by atoms with E-state index in [1.165, 1.54) is 10.4 Å².